The average molecular weight is 348 g/mol. The number of hydrogen-bond acceptors (Lipinski definition) is 6. The molecule has 2 N–H and O–H groups in total. The van der Waals surface area contributed by atoms with Gasteiger partial charge >= 0.3 is 0 Å². The van der Waals surface area contributed by atoms with Crippen LogP contribution < -0.4 is 10.6 Å². The molecule has 0 amide bonds. The molecule has 0 bridgehead atoms. The van der Waals surface area contributed by atoms with E-state index in [1.807, 2.05) is 0 Å². The molecule has 1 aliphatic rings. The van der Waals surface area contributed by atoms with Crippen molar-refractivity contribution in [3.8, 4) is 0 Å². The van der Waals surface area contributed by atoms with Crippen molar-refractivity contribution in [1.29, 1.82) is 0 Å². The normalized spacial score (nSPS) is 17.2. The summed E-state index contributed by atoms with van der Waals surface area (Å²) in [6, 6.07) is 2.65. The smallest absolute Gasteiger partial charge is 0.223 e. The molecule has 3 rings (SSSR count). The van der Waals surface area contributed by atoms with Crippen molar-refractivity contribution < 1.29 is 4.52 Å². The molecule has 1 aliphatic heterocycles. The molecule has 0 radical (unpaired) electrons. The second kappa shape index (κ2) is 8.25. The van der Waals surface area contributed by atoms with Gasteiger partial charge in [-0.25, -0.2) is 0 Å². The highest BCUT2D eigenvalue weighted by Gasteiger charge is 2.20. The summed E-state index contributed by atoms with van der Waals surface area (Å²) in [7, 11) is 1.78. The fraction of sp³-hybridized carbons (Fsp3) is 0.562. The van der Waals surface area contributed by atoms with Crippen molar-refractivity contribution >= 4 is 17.3 Å². The van der Waals surface area contributed by atoms with Gasteiger partial charge in [-0.2, -0.15) is 16.3 Å². The van der Waals surface area contributed by atoms with Crippen molar-refractivity contribution in [3.63, 3.8) is 0 Å². The highest BCUT2D eigenvalue weighted by Crippen LogP contribution is 2.15. The lowest BCUT2D eigenvalue weighted by atomic mass is 10.0. The molecule has 2 aromatic heterocycles. The molecule has 130 valence electrons. The number of hydrogen-bond donors (Lipinski definition) is 2. The van der Waals surface area contributed by atoms with Gasteiger partial charge in [-0.3, -0.25) is 9.89 Å². The zero-order valence-electron chi connectivity index (χ0n) is 14.2. The molecule has 8 heteroatoms. The standard InChI is InChI=1S/C16H24N6OS/c1-12-19-15(21-23-12)9-18-16(17-2)20-14-3-6-22(7-4-14)10-13-5-8-24-11-13/h5,8,11,14H,3-4,6-7,9-10H2,1-2H3,(H2,17,18,20). The quantitative estimate of drug-likeness (QED) is 0.633. The summed E-state index contributed by atoms with van der Waals surface area (Å²) in [5.74, 6) is 2.00. The Morgan fingerprint density at radius 1 is 1.46 bits per heavy atom. The van der Waals surface area contributed by atoms with Gasteiger partial charge in [0, 0.05) is 39.6 Å². The fourth-order valence-corrected chi connectivity index (χ4v) is 3.50. The summed E-state index contributed by atoms with van der Waals surface area (Å²) in [4.78, 5) is 11.0. The van der Waals surface area contributed by atoms with E-state index in [4.69, 9.17) is 4.52 Å². The molecular weight excluding hydrogens is 324 g/mol. The Labute approximate surface area is 146 Å². The number of piperidine rings is 1. The number of nitrogens with one attached hydrogen (secondary N) is 2. The summed E-state index contributed by atoms with van der Waals surface area (Å²) in [5.41, 5.74) is 1.42. The van der Waals surface area contributed by atoms with Crippen LogP contribution in [0.3, 0.4) is 0 Å². The first-order valence-electron chi connectivity index (χ1n) is 8.22. The third-order valence-electron chi connectivity index (χ3n) is 4.12. The van der Waals surface area contributed by atoms with E-state index in [1.165, 1.54) is 5.56 Å². The lowest BCUT2D eigenvalue weighted by Gasteiger charge is -2.32. The molecule has 0 unspecified atom stereocenters. The number of nitrogens with zero attached hydrogens (tertiary/aromatic N) is 4. The van der Waals surface area contributed by atoms with E-state index >= 15 is 0 Å². The Morgan fingerprint density at radius 3 is 2.92 bits per heavy atom. The van der Waals surface area contributed by atoms with Gasteiger partial charge in [0.1, 0.15) is 0 Å². The van der Waals surface area contributed by atoms with Crippen LogP contribution >= 0.6 is 11.3 Å². The maximum Gasteiger partial charge on any atom is 0.223 e. The second-order valence-corrected chi connectivity index (χ2v) is 6.76. The predicted molar refractivity (Wildman–Crippen MR) is 95.0 cm³/mol. The molecule has 0 saturated carbocycles. The van der Waals surface area contributed by atoms with Gasteiger partial charge in [-0.1, -0.05) is 5.16 Å². The number of guanidine groups is 1. The molecule has 2 aromatic rings. The van der Waals surface area contributed by atoms with Gasteiger partial charge in [0.05, 0.1) is 6.54 Å². The summed E-state index contributed by atoms with van der Waals surface area (Å²) in [5, 5.41) is 15.0. The topological polar surface area (TPSA) is 78.6 Å². The highest BCUT2D eigenvalue weighted by molar-refractivity contribution is 7.07. The molecule has 0 aromatic carbocycles. The maximum atomic E-state index is 4.97. The minimum Gasteiger partial charge on any atom is -0.354 e. The maximum absolute atomic E-state index is 4.97. The summed E-state index contributed by atoms with van der Waals surface area (Å²) in [6.45, 7) is 5.56. The predicted octanol–water partition coefficient (Wildman–Crippen LogP) is 1.77. The summed E-state index contributed by atoms with van der Waals surface area (Å²) < 4.78 is 4.97. The van der Waals surface area contributed by atoms with Crippen molar-refractivity contribution in [2.75, 3.05) is 20.1 Å². The fourth-order valence-electron chi connectivity index (χ4n) is 2.84. The van der Waals surface area contributed by atoms with Gasteiger partial charge in [0.15, 0.2) is 11.8 Å². The monoisotopic (exact) mass is 348 g/mol. The van der Waals surface area contributed by atoms with Crippen LogP contribution in [0, 0.1) is 6.92 Å². The average Bonchev–Trinajstić information content (AvgIpc) is 3.25. The number of aromatic nitrogens is 2. The molecule has 0 aliphatic carbocycles. The summed E-state index contributed by atoms with van der Waals surface area (Å²) in [6.07, 6.45) is 2.23. The third kappa shape index (κ3) is 4.78. The lowest BCUT2D eigenvalue weighted by Crippen LogP contribution is -2.48. The van der Waals surface area contributed by atoms with Gasteiger partial charge < -0.3 is 15.2 Å². The van der Waals surface area contributed by atoms with Crippen LogP contribution in [0.5, 0.6) is 0 Å². The van der Waals surface area contributed by atoms with E-state index in [0.717, 1.165) is 38.4 Å². The first-order chi connectivity index (χ1) is 11.7. The Morgan fingerprint density at radius 2 is 2.29 bits per heavy atom. The summed E-state index contributed by atoms with van der Waals surface area (Å²) >= 11 is 1.77. The molecule has 0 spiro atoms. The highest BCUT2D eigenvalue weighted by atomic mass is 32.1. The van der Waals surface area contributed by atoms with E-state index in [9.17, 15) is 0 Å². The first-order valence-corrected chi connectivity index (χ1v) is 9.17. The van der Waals surface area contributed by atoms with Crippen LogP contribution in [-0.2, 0) is 13.1 Å². The van der Waals surface area contributed by atoms with Crippen LogP contribution in [0.4, 0.5) is 0 Å². The lowest BCUT2D eigenvalue weighted by molar-refractivity contribution is 0.198. The molecule has 7 nitrogen and oxygen atoms in total. The van der Waals surface area contributed by atoms with E-state index in [-0.39, 0.29) is 0 Å². The van der Waals surface area contributed by atoms with Gasteiger partial charge in [-0.05, 0) is 35.2 Å². The van der Waals surface area contributed by atoms with E-state index in [0.29, 0.717) is 24.3 Å². The van der Waals surface area contributed by atoms with Gasteiger partial charge in [0.25, 0.3) is 0 Å². The zero-order chi connectivity index (χ0) is 16.8. The second-order valence-electron chi connectivity index (χ2n) is 5.98. The van der Waals surface area contributed by atoms with Crippen LogP contribution in [-0.4, -0.2) is 47.2 Å². The van der Waals surface area contributed by atoms with E-state index in [2.05, 4.69) is 47.5 Å². The number of thiophene rings is 1. The Kier molecular flexibility index (Phi) is 5.81. The van der Waals surface area contributed by atoms with Crippen LogP contribution in [0.15, 0.2) is 26.3 Å². The number of aryl methyl sites for hydroxylation is 1. The number of aliphatic imine (C=N–C) groups is 1. The minimum atomic E-state index is 0.446. The van der Waals surface area contributed by atoms with E-state index in [1.54, 1.807) is 25.3 Å². The first kappa shape index (κ1) is 16.9. The zero-order valence-corrected chi connectivity index (χ0v) is 15.0. The molecule has 3 heterocycles. The third-order valence-corrected chi connectivity index (χ3v) is 4.85. The molecule has 1 saturated heterocycles. The molecule has 1 fully saturated rings. The van der Waals surface area contributed by atoms with E-state index < -0.39 is 0 Å². The molecular formula is C16H24N6OS. The molecule has 24 heavy (non-hydrogen) atoms. The van der Waals surface area contributed by atoms with Crippen LogP contribution in [0.25, 0.3) is 0 Å². The van der Waals surface area contributed by atoms with Crippen molar-refractivity contribution in [2.24, 2.45) is 4.99 Å². The number of likely N-dealkylation sites (tertiary alicyclic amines) is 1. The minimum absolute atomic E-state index is 0.446. The van der Waals surface area contributed by atoms with Gasteiger partial charge in [0.2, 0.25) is 5.89 Å². The van der Waals surface area contributed by atoms with Gasteiger partial charge in [-0.15, -0.1) is 0 Å². The van der Waals surface area contributed by atoms with Crippen LogP contribution in [0.2, 0.25) is 0 Å². The van der Waals surface area contributed by atoms with Crippen molar-refractivity contribution in [3.05, 3.63) is 34.1 Å². The van der Waals surface area contributed by atoms with Crippen LogP contribution in [0.1, 0.15) is 30.1 Å². The van der Waals surface area contributed by atoms with Crippen molar-refractivity contribution in [2.45, 2.75) is 38.9 Å². The number of rotatable bonds is 5. The Bertz CT molecular complexity index is 645. The Balaban J connectivity index is 1.40. The SMILES string of the molecule is CN=C(NCc1noc(C)n1)NC1CCN(Cc2ccsc2)CC1. The Hall–Kier alpha value is -1.93. The molecule has 0 atom stereocenters. The largest absolute Gasteiger partial charge is 0.354 e. The van der Waals surface area contributed by atoms with Crippen molar-refractivity contribution in [1.82, 2.24) is 25.7 Å².